The number of pyridine rings is 1. The van der Waals surface area contributed by atoms with E-state index >= 15 is 0 Å². The molecule has 6 nitrogen and oxygen atoms in total. The fraction of sp³-hybridized carbons (Fsp3) is 0.368. The minimum absolute atomic E-state index is 0.299. The lowest BCUT2D eigenvalue weighted by Crippen LogP contribution is -2.47. The first-order valence-corrected chi connectivity index (χ1v) is 8.95. The molecule has 1 unspecified atom stereocenters. The zero-order chi connectivity index (χ0) is 18.7. The number of anilines is 1. The van der Waals surface area contributed by atoms with Gasteiger partial charge in [-0.05, 0) is 30.7 Å². The van der Waals surface area contributed by atoms with Crippen LogP contribution in [-0.2, 0) is 0 Å². The van der Waals surface area contributed by atoms with Gasteiger partial charge in [0.05, 0.1) is 17.7 Å². The molecule has 1 amide bonds. The molecule has 1 fully saturated rings. The summed E-state index contributed by atoms with van der Waals surface area (Å²) in [5, 5.41) is 0.454. The summed E-state index contributed by atoms with van der Waals surface area (Å²) < 4.78 is 5.32. The van der Waals surface area contributed by atoms with E-state index in [1.54, 1.807) is 13.2 Å². The number of rotatable bonds is 5. The highest BCUT2D eigenvalue weighted by Crippen LogP contribution is 2.28. The van der Waals surface area contributed by atoms with Gasteiger partial charge in [-0.15, -0.1) is 0 Å². The molecule has 26 heavy (non-hydrogen) atoms. The number of benzene rings is 1. The number of amides is 1. The zero-order valence-corrected chi connectivity index (χ0v) is 15.7. The van der Waals surface area contributed by atoms with Gasteiger partial charge in [-0.3, -0.25) is 9.69 Å². The molecular formula is C19H23ClN4O2. The van der Waals surface area contributed by atoms with Crippen molar-refractivity contribution in [1.29, 1.82) is 0 Å². The second-order valence-electron chi connectivity index (χ2n) is 6.37. The molecule has 1 aliphatic heterocycles. The maximum atomic E-state index is 11.2. The van der Waals surface area contributed by atoms with Crippen molar-refractivity contribution in [3.63, 3.8) is 0 Å². The summed E-state index contributed by atoms with van der Waals surface area (Å²) in [6.45, 7) is 5.63. The number of hydrogen-bond acceptors (Lipinski definition) is 5. The number of nitrogens with two attached hydrogens (primary N) is 1. The normalized spacial score (nSPS) is 16.3. The lowest BCUT2D eigenvalue weighted by molar-refractivity contribution is 0.1000. The molecule has 0 radical (unpaired) electrons. The summed E-state index contributed by atoms with van der Waals surface area (Å²) in [6.07, 6.45) is 1.48. The topological polar surface area (TPSA) is 71.7 Å². The molecule has 1 saturated heterocycles. The number of primary amides is 1. The third-order valence-electron chi connectivity index (χ3n) is 4.84. The van der Waals surface area contributed by atoms with Crippen LogP contribution >= 0.6 is 11.6 Å². The van der Waals surface area contributed by atoms with E-state index in [-0.39, 0.29) is 0 Å². The standard InChI is InChI=1S/C19H23ClN4O2/c1-13(14-4-3-5-16(10-14)26-2)23-6-8-24(9-7-23)19-17(20)11-15(12-22-19)18(21)25/h3-5,10-13H,6-9H2,1-2H3,(H2,21,25). The van der Waals surface area contributed by atoms with Crippen molar-refractivity contribution < 1.29 is 9.53 Å². The summed E-state index contributed by atoms with van der Waals surface area (Å²) in [7, 11) is 1.68. The number of nitrogens with zero attached hydrogens (tertiary/aromatic N) is 3. The second kappa shape index (κ2) is 7.93. The molecule has 0 aliphatic carbocycles. The highest BCUT2D eigenvalue weighted by atomic mass is 35.5. The number of ether oxygens (including phenoxy) is 1. The Morgan fingerprint density at radius 2 is 2.00 bits per heavy atom. The first-order chi connectivity index (χ1) is 12.5. The molecule has 0 bridgehead atoms. The van der Waals surface area contributed by atoms with Crippen LogP contribution in [0.4, 0.5) is 5.82 Å². The summed E-state index contributed by atoms with van der Waals surface area (Å²) in [5.74, 6) is 1.05. The number of aromatic nitrogens is 1. The second-order valence-corrected chi connectivity index (χ2v) is 6.78. The lowest BCUT2D eigenvalue weighted by atomic mass is 10.1. The van der Waals surface area contributed by atoms with Crippen molar-refractivity contribution in [2.75, 3.05) is 38.2 Å². The van der Waals surface area contributed by atoms with Crippen LogP contribution in [0.2, 0.25) is 5.02 Å². The highest BCUT2D eigenvalue weighted by Gasteiger charge is 2.24. The van der Waals surface area contributed by atoms with E-state index in [4.69, 9.17) is 22.1 Å². The molecule has 1 aliphatic rings. The van der Waals surface area contributed by atoms with Crippen LogP contribution in [0.3, 0.4) is 0 Å². The van der Waals surface area contributed by atoms with E-state index in [0.717, 1.165) is 31.9 Å². The molecule has 0 saturated carbocycles. The average Bonchev–Trinajstić information content (AvgIpc) is 2.67. The van der Waals surface area contributed by atoms with Gasteiger partial charge in [-0.2, -0.15) is 0 Å². The van der Waals surface area contributed by atoms with Gasteiger partial charge >= 0.3 is 0 Å². The van der Waals surface area contributed by atoms with Gasteiger partial charge in [0, 0.05) is 38.4 Å². The average molecular weight is 375 g/mol. The molecular weight excluding hydrogens is 352 g/mol. The molecule has 1 atom stereocenters. The van der Waals surface area contributed by atoms with E-state index < -0.39 is 5.91 Å². The van der Waals surface area contributed by atoms with Gasteiger partial charge in [0.2, 0.25) is 5.91 Å². The van der Waals surface area contributed by atoms with E-state index in [9.17, 15) is 4.79 Å². The van der Waals surface area contributed by atoms with Crippen LogP contribution < -0.4 is 15.4 Å². The van der Waals surface area contributed by atoms with Crippen molar-refractivity contribution in [3.05, 3.63) is 52.7 Å². The number of hydrogen-bond donors (Lipinski definition) is 1. The molecule has 0 spiro atoms. The monoisotopic (exact) mass is 374 g/mol. The Labute approximate surface area is 158 Å². The Morgan fingerprint density at radius 1 is 1.27 bits per heavy atom. The number of piperazine rings is 1. The van der Waals surface area contributed by atoms with Crippen LogP contribution in [0.15, 0.2) is 36.5 Å². The van der Waals surface area contributed by atoms with Gasteiger partial charge in [0.25, 0.3) is 0 Å². The van der Waals surface area contributed by atoms with Crippen LogP contribution in [0.25, 0.3) is 0 Å². The summed E-state index contributed by atoms with van der Waals surface area (Å²) in [6, 6.07) is 10.1. The Bertz CT molecular complexity index is 791. The number of carbonyl (C=O) groups is 1. The van der Waals surface area contributed by atoms with Crippen molar-refractivity contribution >= 4 is 23.3 Å². The lowest BCUT2D eigenvalue weighted by Gasteiger charge is -2.39. The van der Waals surface area contributed by atoms with Gasteiger partial charge in [0.1, 0.15) is 11.6 Å². The van der Waals surface area contributed by atoms with Crippen molar-refractivity contribution in [2.24, 2.45) is 5.73 Å². The third kappa shape index (κ3) is 3.92. The summed E-state index contributed by atoms with van der Waals surface area (Å²) >= 11 is 6.30. The van der Waals surface area contributed by atoms with E-state index in [1.807, 2.05) is 12.1 Å². The van der Waals surface area contributed by atoms with Gasteiger partial charge in [0.15, 0.2) is 0 Å². The quantitative estimate of drug-likeness (QED) is 0.871. The first kappa shape index (κ1) is 18.5. The predicted octanol–water partition coefficient (Wildman–Crippen LogP) is 2.73. The maximum absolute atomic E-state index is 11.2. The minimum atomic E-state index is -0.525. The molecule has 2 aromatic rings. The summed E-state index contributed by atoms with van der Waals surface area (Å²) in [5.41, 5.74) is 6.83. The number of halogens is 1. The molecule has 1 aromatic carbocycles. The van der Waals surface area contributed by atoms with Gasteiger partial charge < -0.3 is 15.4 Å². The number of carbonyl (C=O) groups excluding carboxylic acids is 1. The fourth-order valence-electron chi connectivity index (χ4n) is 3.23. The van der Waals surface area contributed by atoms with Crippen LogP contribution in [0.5, 0.6) is 5.75 Å². The van der Waals surface area contributed by atoms with Crippen LogP contribution in [-0.4, -0.2) is 49.1 Å². The van der Waals surface area contributed by atoms with Crippen molar-refractivity contribution in [2.45, 2.75) is 13.0 Å². The minimum Gasteiger partial charge on any atom is -0.497 e. The Balaban J connectivity index is 1.66. The molecule has 138 valence electrons. The smallest absolute Gasteiger partial charge is 0.250 e. The molecule has 1 aromatic heterocycles. The molecule has 7 heteroatoms. The molecule has 3 rings (SSSR count). The van der Waals surface area contributed by atoms with E-state index in [0.29, 0.717) is 22.4 Å². The fourth-order valence-corrected chi connectivity index (χ4v) is 3.52. The SMILES string of the molecule is COc1cccc(C(C)N2CCN(c3ncc(C(N)=O)cc3Cl)CC2)c1. The predicted molar refractivity (Wildman–Crippen MR) is 103 cm³/mol. The largest absolute Gasteiger partial charge is 0.497 e. The summed E-state index contributed by atoms with van der Waals surface area (Å²) in [4.78, 5) is 20.1. The highest BCUT2D eigenvalue weighted by molar-refractivity contribution is 6.33. The third-order valence-corrected chi connectivity index (χ3v) is 5.12. The zero-order valence-electron chi connectivity index (χ0n) is 15.0. The Morgan fingerprint density at radius 3 is 2.62 bits per heavy atom. The van der Waals surface area contributed by atoms with Crippen LogP contribution in [0, 0.1) is 0 Å². The maximum Gasteiger partial charge on any atom is 0.250 e. The van der Waals surface area contributed by atoms with E-state index in [2.05, 4.69) is 33.8 Å². The Kier molecular flexibility index (Phi) is 5.64. The molecule has 2 N–H and O–H groups in total. The Hall–Kier alpha value is -2.31. The van der Waals surface area contributed by atoms with Crippen molar-refractivity contribution in [3.8, 4) is 5.75 Å². The van der Waals surface area contributed by atoms with Gasteiger partial charge in [-0.1, -0.05) is 23.7 Å². The van der Waals surface area contributed by atoms with E-state index in [1.165, 1.54) is 11.8 Å². The van der Waals surface area contributed by atoms with Crippen molar-refractivity contribution in [1.82, 2.24) is 9.88 Å². The van der Waals surface area contributed by atoms with Gasteiger partial charge in [-0.25, -0.2) is 4.98 Å². The molecule has 2 heterocycles. The first-order valence-electron chi connectivity index (χ1n) is 8.58. The van der Waals surface area contributed by atoms with Crippen LogP contribution in [0.1, 0.15) is 28.9 Å². The number of methoxy groups -OCH3 is 1.